The molecule has 0 aromatic heterocycles. The third kappa shape index (κ3) is 11.6. The molecule has 2 aliphatic heterocycles. The van der Waals surface area contributed by atoms with Crippen LogP contribution in [0.2, 0.25) is 0 Å². The highest BCUT2D eigenvalue weighted by Gasteiger charge is 2.28. The van der Waals surface area contributed by atoms with Gasteiger partial charge in [-0.25, -0.2) is 0 Å². The van der Waals surface area contributed by atoms with E-state index in [9.17, 15) is 24.3 Å². The topological polar surface area (TPSA) is 123 Å². The summed E-state index contributed by atoms with van der Waals surface area (Å²) >= 11 is 0. The summed E-state index contributed by atoms with van der Waals surface area (Å²) in [4.78, 5) is 54.4. The first-order valence-corrected chi connectivity index (χ1v) is 23.6. The number of rotatable bonds is 12. The largest absolute Gasteiger partial charge is 0.497 e. The van der Waals surface area contributed by atoms with Crippen LogP contribution in [0.25, 0.3) is 0 Å². The van der Waals surface area contributed by atoms with Gasteiger partial charge in [-0.2, -0.15) is 0 Å². The summed E-state index contributed by atoms with van der Waals surface area (Å²) in [6.45, 7) is 14.6. The first-order valence-electron chi connectivity index (χ1n) is 23.6. The van der Waals surface area contributed by atoms with E-state index < -0.39 is 5.97 Å². The number of aliphatic carboxylic acids is 1. The van der Waals surface area contributed by atoms with Crippen LogP contribution in [0.5, 0.6) is 11.5 Å². The van der Waals surface area contributed by atoms with Crippen molar-refractivity contribution in [3.63, 3.8) is 0 Å². The highest BCUT2D eigenvalue weighted by molar-refractivity contribution is 5.95. The summed E-state index contributed by atoms with van der Waals surface area (Å²) in [7, 11) is 4.69. The second-order valence-corrected chi connectivity index (χ2v) is 18.5. The molecule has 2 amide bonds. The molecular weight excluding hydrogens is 865 g/mol. The van der Waals surface area contributed by atoms with Gasteiger partial charge >= 0.3 is 11.9 Å². The molecule has 1 N–H and O–H groups in total. The molecule has 8 rings (SSSR count). The molecule has 2 atom stereocenters. The third-order valence-corrected chi connectivity index (χ3v) is 14.1. The summed E-state index contributed by atoms with van der Waals surface area (Å²) in [5, 5.41) is 9.64. The van der Waals surface area contributed by atoms with Gasteiger partial charge in [-0.15, -0.1) is 0 Å². The molecule has 0 aliphatic carbocycles. The van der Waals surface area contributed by atoms with Gasteiger partial charge in [-0.05, 0) is 181 Å². The van der Waals surface area contributed by atoms with Crippen molar-refractivity contribution in [1.29, 1.82) is 0 Å². The van der Waals surface area contributed by atoms with Gasteiger partial charge in [-0.3, -0.25) is 19.2 Å². The molecule has 0 radical (unpaired) electrons. The molecule has 2 unspecified atom stereocenters. The molecule has 0 saturated carbocycles. The number of carboxylic acid groups (broad SMARTS) is 1. The number of amides is 2. The number of benzene rings is 6. The number of hydrogen-bond acceptors (Lipinski definition) is 7. The molecular formula is C59H64N2O8. The number of ether oxygens (including phenoxy) is 3. The zero-order chi connectivity index (χ0) is 49.5. The van der Waals surface area contributed by atoms with Crippen molar-refractivity contribution in [2.45, 2.75) is 92.2 Å². The van der Waals surface area contributed by atoms with Gasteiger partial charge in [0.1, 0.15) is 11.5 Å². The second-order valence-electron chi connectivity index (χ2n) is 18.5. The molecule has 0 bridgehead atoms. The van der Waals surface area contributed by atoms with E-state index in [0.29, 0.717) is 31.7 Å². The molecule has 2 heterocycles. The maximum Gasteiger partial charge on any atom is 0.306 e. The van der Waals surface area contributed by atoms with Crippen molar-refractivity contribution in [2.24, 2.45) is 0 Å². The van der Waals surface area contributed by atoms with Gasteiger partial charge < -0.3 is 29.1 Å². The normalized spacial score (nSPS) is 13.8. The Balaban J connectivity index is 0.000000204. The smallest absolute Gasteiger partial charge is 0.306 e. The number of carbonyl (C=O) groups is 4. The maximum absolute atomic E-state index is 13.3. The van der Waals surface area contributed by atoms with Gasteiger partial charge in [0.25, 0.3) is 11.8 Å². The van der Waals surface area contributed by atoms with Crippen molar-refractivity contribution in [2.75, 3.05) is 34.4 Å². The molecule has 10 nitrogen and oxygen atoms in total. The van der Waals surface area contributed by atoms with E-state index in [-0.39, 0.29) is 42.5 Å². The lowest BCUT2D eigenvalue weighted by Crippen LogP contribution is -2.36. The van der Waals surface area contributed by atoms with Crippen molar-refractivity contribution < 1.29 is 38.5 Å². The van der Waals surface area contributed by atoms with Crippen LogP contribution in [0.15, 0.2) is 109 Å². The fourth-order valence-corrected chi connectivity index (χ4v) is 9.62. The van der Waals surface area contributed by atoms with E-state index in [2.05, 4.69) is 37.3 Å². The Kier molecular flexibility index (Phi) is 15.7. The maximum atomic E-state index is 13.3. The monoisotopic (exact) mass is 928 g/mol. The summed E-state index contributed by atoms with van der Waals surface area (Å²) in [5.74, 6) is 0.103. The summed E-state index contributed by atoms with van der Waals surface area (Å²) in [6.07, 6.45) is 1.85. The molecule has 0 fully saturated rings. The van der Waals surface area contributed by atoms with Crippen LogP contribution in [-0.2, 0) is 40.3 Å². The fraction of sp³-hybridized carbons (Fsp3) is 0.322. The molecule has 0 spiro atoms. The first kappa shape index (κ1) is 49.7. The summed E-state index contributed by atoms with van der Waals surface area (Å²) < 4.78 is 15.7. The number of aryl methyl sites for hydroxylation is 6. The summed E-state index contributed by atoms with van der Waals surface area (Å²) in [5.41, 5.74) is 16.8. The van der Waals surface area contributed by atoms with E-state index in [1.165, 1.54) is 29.4 Å². The first-order chi connectivity index (χ1) is 33.1. The van der Waals surface area contributed by atoms with E-state index in [0.717, 1.165) is 85.5 Å². The van der Waals surface area contributed by atoms with Crippen molar-refractivity contribution >= 4 is 23.8 Å². The number of esters is 1. The minimum absolute atomic E-state index is 0.00273. The lowest BCUT2D eigenvalue weighted by Gasteiger charge is -2.30. The number of fused-ring (bicyclic) bond motifs is 2. The summed E-state index contributed by atoms with van der Waals surface area (Å²) in [6, 6.07) is 36.1. The van der Waals surface area contributed by atoms with E-state index in [4.69, 9.17) is 14.2 Å². The number of carbonyl (C=O) groups excluding carboxylic acids is 3. The lowest BCUT2D eigenvalue weighted by atomic mass is 9.84. The van der Waals surface area contributed by atoms with Gasteiger partial charge in [0.05, 0.1) is 34.2 Å². The molecule has 2 aliphatic rings. The predicted molar refractivity (Wildman–Crippen MR) is 270 cm³/mol. The van der Waals surface area contributed by atoms with Crippen LogP contribution in [-0.4, -0.2) is 73.1 Å². The van der Waals surface area contributed by atoms with Gasteiger partial charge in [0.2, 0.25) is 0 Å². The van der Waals surface area contributed by atoms with E-state index in [1.54, 1.807) is 14.2 Å². The van der Waals surface area contributed by atoms with Crippen LogP contribution < -0.4 is 9.47 Å². The quantitative estimate of drug-likeness (QED) is 0.120. The predicted octanol–water partition coefficient (Wildman–Crippen LogP) is 10.9. The van der Waals surface area contributed by atoms with Crippen LogP contribution in [0, 0.1) is 41.5 Å². The lowest BCUT2D eigenvalue weighted by molar-refractivity contribution is -0.141. The minimum Gasteiger partial charge on any atom is -0.497 e. The van der Waals surface area contributed by atoms with Crippen molar-refractivity contribution in [1.82, 2.24) is 9.80 Å². The Labute approximate surface area is 406 Å². The van der Waals surface area contributed by atoms with Crippen LogP contribution in [0.1, 0.15) is 123 Å². The third-order valence-electron chi connectivity index (χ3n) is 14.1. The minimum atomic E-state index is -0.843. The Morgan fingerprint density at radius 2 is 0.928 bits per heavy atom. The van der Waals surface area contributed by atoms with E-state index in [1.807, 2.05) is 123 Å². The van der Waals surface area contributed by atoms with Gasteiger partial charge in [0, 0.05) is 49.1 Å². The van der Waals surface area contributed by atoms with Crippen molar-refractivity contribution in [3.05, 3.63) is 198 Å². The van der Waals surface area contributed by atoms with E-state index >= 15 is 0 Å². The van der Waals surface area contributed by atoms with Crippen molar-refractivity contribution in [3.8, 4) is 11.5 Å². The van der Waals surface area contributed by atoms with Crippen LogP contribution in [0.4, 0.5) is 0 Å². The molecule has 0 saturated heterocycles. The second kappa shape index (κ2) is 21.8. The highest BCUT2D eigenvalue weighted by Crippen LogP contribution is 2.37. The number of hydrogen-bond donors (Lipinski definition) is 1. The van der Waals surface area contributed by atoms with Gasteiger partial charge in [-0.1, -0.05) is 60.7 Å². The fourth-order valence-electron chi connectivity index (χ4n) is 9.62. The zero-order valence-electron chi connectivity index (χ0n) is 41.4. The Morgan fingerprint density at radius 3 is 1.30 bits per heavy atom. The Bertz CT molecular complexity index is 2900. The SMILES string of the molecule is COC(=O)CC(c1ccc2c(c1)CN(C(=O)c1ccc(C)c(C)c1)CC2)c1ccc(OC)cc1C.COc1ccc(C(CC(=O)O)c2ccc3c(c2)CN(C(=O)c2ccc(C)c(C)c2)CC3)c(C)c1. The standard InChI is InChI=1S/C30H33NO4.C29H31NO4/c1-19-6-7-24(14-20(19)2)30(33)31-13-12-22-8-9-23(16-25(22)18-31)28(17-29(32)35-5)27-11-10-26(34-4)15-21(27)3;1-18-5-6-23(13-19(18)2)29(33)30-12-11-21-7-8-22(15-24(21)17-30)27(16-28(31)32)26-10-9-25(34-4)14-20(26)3/h6-11,14-16,28H,12-13,17-18H2,1-5H3;5-10,13-15,27H,11-12,16-17H2,1-4H3,(H,31,32). The molecule has 69 heavy (non-hydrogen) atoms. The zero-order valence-corrected chi connectivity index (χ0v) is 41.4. The van der Waals surface area contributed by atoms with Crippen LogP contribution >= 0.6 is 0 Å². The molecule has 6 aromatic rings. The Morgan fingerprint density at radius 1 is 0.493 bits per heavy atom. The number of nitrogens with zero attached hydrogens (tertiary/aromatic N) is 2. The molecule has 358 valence electrons. The van der Waals surface area contributed by atoms with Crippen LogP contribution in [0.3, 0.4) is 0 Å². The van der Waals surface area contributed by atoms with Gasteiger partial charge in [0.15, 0.2) is 0 Å². The highest BCUT2D eigenvalue weighted by atomic mass is 16.5. The average molecular weight is 929 g/mol. The number of methoxy groups -OCH3 is 3. The Hall–Kier alpha value is -7.20. The molecule has 10 heteroatoms. The average Bonchev–Trinajstić information content (AvgIpc) is 3.35. The number of carboxylic acids is 1. The molecule has 6 aromatic carbocycles.